The Morgan fingerprint density at radius 2 is 2.00 bits per heavy atom. The summed E-state index contributed by atoms with van der Waals surface area (Å²) in [5.41, 5.74) is 2.25. The number of carbonyl (C=O) groups excluding carboxylic acids is 2. The van der Waals surface area contributed by atoms with Crippen LogP contribution in [-0.2, 0) is 14.3 Å². The zero-order valence-electron chi connectivity index (χ0n) is 17.2. The van der Waals surface area contributed by atoms with Gasteiger partial charge in [0.15, 0.2) is 17.2 Å². The molecule has 0 spiro atoms. The van der Waals surface area contributed by atoms with Gasteiger partial charge in [0.1, 0.15) is 0 Å². The molecule has 2 aliphatic rings. The second-order valence-corrected chi connectivity index (χ2v) is 7.41. The third kappa shape index (κ3) is 4.27. The number of esters is 1. The van der Waals surface area contributed by atoms with E-state index in [4.69, 9.17) is 25.8 Å². The van der Waals surface area contributed by atoms with E-state index >= 15 is 0 Å². The molecule has 8 heteroatoms. The smallest absolute Gasteiger partial charge is 0.363 e. The molecule has 0 saturated carbocycles. The van der Waals surface area contributed by atoms with E-state index < -0.39 is 5.97 Å². The molecule has 2 aromatic rings. The summed E-state index contributed by atoms with van der Waals surface area (Å²) in [5.74, 6) is 0.679. The highest BCUT2D eigenvalue weighted by Gasteiger charge is 2.26. The highest BCUT2D eigenvalue weighted by molar-refractivity contribution is 6.32. The van der Waals surface area contributed by atoms with E-state index in [0.717, 1.165) is 18.7 Å². The van der Waals surface area contributed by atoms with E-state index in [1.807, 2.05) is 19.1 Å². The normalized spacial score (nSPS) is 17.2. The summed E-state index contributed by atoms with van der Waals surface area (Å²) in [6.07, 6.45) is 3.01. The number of rotatable bonds is 6. The molecule has 2 aliphatic heterocycles. The lowest BCUT2D eigenvalue weighted by molar-refractivity contribution is -0.130. The summed E-state index contributed by atoms with van der Waals surface area (Å²) in [7, 11) is 1.51. The largest absolute Gasteiger partial charge is 0.491 e. The van der Waals surface area contributed by atoms with Crippen LogP contribution in [-0.4, -0.2) is 38.0 Å². The zero-order valence-corrected chi connectivity index (χ0v) is 17.9. The molecule has 2 aromatic carbocycles. The van der Waals surface area contributed by atoms with Gasteiger partial charge in [0.25, 0.3) is 0 Å². The van der Waals surface area contributed by atoms with Crippen LogP contribution in [0, 0.1) is 0 Å². The van der Waals surface area contributed by atoms with Gasteiger partial charge in [-0.05, 0) is 61.4 Å². The maximum Gasteiger partial charge on any atom is 0.363 e. The van der Waals surface area contributed by atoms with Crippen LogP contribution in [0.15, 0.2) is 47.1 Å². The van der Waals surface area contributed by atoms with Gasteiger partial charge in [-0.25, -0.2) is 9.79 Å². The van der Waals surface area contributed by atoms with Crippen molar-refractivity contribution >= 4 is 41.1 Å². The number of nitrogens with zero attached hydrogens (tertiary/aromatic N) is 2. The average molecular weight is 441 g/mol. The molecule has 2 heterocycles. The van der Waals surface area contributed by atoms with Gasteiger partial charge in [-0.2, -0.15) is 0 Å². The van der Waals surface area contributed by atoms with Gasteiger partial charge in [0.2, 0.25) is 11.8 Å². The third-order valence-corrected chi connectivity index (χ3v) is 5.24. The topological polar surface area (TPSA) is 77.4 Å². The summed E-state index contributed by atoms with van der Waals surface area (Å²) in [4.78, 5) is 30.3. The molecule has 1 fully saturated rings. The molecule has 4 rings (SSSR count). The molecule has 7 nitrogen and oxygen atoms in total. The molecule has 0 aliphatic carbocycles. The van der Waals surface area contributed by atoms with Crippen molar-refractivity contribution < 1.29 is 23.8 Å². The Morgan fingerprint density at radius 3 is 2.65 bits per heavy atom. The van der Waals surface area contributed by atoms with E-state index in [-0.39, 0.29) is 17.5 Å². The standard InChI is InChI=1S/C23H21ClN2O5/c1-3-30-19-13-14(11-17(24)21(19)29-2)12-18-23(28)31-22(25-18)15-6-8-16(9-7-15)26-10-4-5-20(26)27/h6-9,11-13H,3-5,10H2,1-2H3. The number of halogens is 1. The van der Waals surface area contributed by atoms with Crippen LogP contribution in [0.25, 0.3) is 6.08 Å². The summed E-state index contributed by atoms with van der Waals surface area (Å²) >= 11 is 6.28. The van der Waals surface area contributed by atoms with Crippen LogP contribution >= 0.6 is 11.6 Å². The van der Waals surface area contributed by atoms with Crippen molar-refractivity contribution in [2.75, 3.05) is 25.2 Å². The number of carbonyl (C=O) groups is 2. The molecule has 1 amide bonds. The Hall–Kier alpha value is -3.32. The highest BCUT2D eigenvalue weighted by Crippen LogP contribution is 2.37. The Morgan fingerprint density at radius 1 is 1.23 bits per heavy atom. The highest BCUT2D eigenvalue weighted by atomic mass is 35.5. The van der Waals surface area contributed by atoms with Crippen LogP contribution in [0.1, 0.15) is 30.9 Å². The number of hydrogen-bond donors (Lipinski definition) is 0. The van der Waals surface area contributed by atoms with Gasteiger partial charge < -0.3 is 19.1 Å². The molecule has 160 valence electrons. The zero-order chi connectivity index (χ0) is 22.0. The molecule has 0 radical (unpaired) electrons. The lowest BCUT2D eigenvalue weighted by Crippen LogP contribution is -2.23. The first-order chi connectivity index (χ1) is 15.0. The van der Waals surface area contributed by atoms with Crippen LogP contribution in [0.4, 0.5) is 5.69 Å². The molecule has 0 N–H and O–H groups in total. The monoisotopic (exact) mass is 440 g/mol. The lowest BCUT2D eigenvalue weighted by atomic mass is 10.1. The first-order valence-corrected chi connectivity index (χ1v) is 10.3. The molecular weight excluding hydrogens is 420 g/mol. The molecule has 0 bridgehead atoms. The summed E-state index contributed by atoms with van der Waals surface area (Å²) < 4.78 is 16.2. The van der Waals surface area contributed by atoms with Gasteiger partial charge in [-0.1, -0.05) is 11.6 Å². The molecule has 0 unspecified atom stereocenters. The van der Waals surface area contributed by atoms with Crippen molar-refractivity contribution in [2.24, 2.45) is 4.99 Å². The SMILES string of the molecule is CCOc1cc(C=C2N=C(c3ccc(N4CCCC4=O)cc3)OC2=O)cc(Cl)c1OC. The number of hydrogen-bond acceptors (Lipinski definition) is 6. The van der Waals surface area contributed by atoms with Crippen LogP contribution < -0.4 is 14.4 Å². The number of aliphatic imine (C=N–C) groups is 1. The molecule has 0 aromatic heterocycles. The van der Waals surface area contributed by atoms with Crippen molar-refractivity contribution in [1.82, 2.24) is 0 Å². The van der Waals surface area contributed by atoms with Gasteiger partial charge in [0.05, 0.1) is 18.7 Å². The van der Waals surface area contributed by atoms with Crippen molar-refractivity contribution in [1.29, 1.82) is 0 Å². The summed E-state index contributed by atoms with van der Waals surface area (Å²) in [6.45, 7) is 3.01. The van der Waals surface area contributed by atoms with Gasteiger partial charge in [-0.3, -0.25) is 4.79 Å². The Labute approximate surface area is 184 Å². The fourth-order valence-electron chi connectivity index (χ4n) is 3.53. The molecule has 0 atom stereocenters. The van der Waals surface area contributed by atoms with Crippen LogP contribution in [0.5, 0.6) is 11.5 Å². The number of methoxy groups -OCH3 is 1. The average Bonchev–Trinajstić information content (AvgIpc) is 3.34. The molecular formula is C23H21ClN2O5. The van der Waals surface area contributed by atoms with E-state index in [1.165, 1.54) is 7.11 Å². The van der Waals surface area contributed by atoms with E-state index in [0.29, 0.717) is 40.7 Å². The van der Waals surface area contributed by atoms with E-state index in [1.54, 1.807) is 35.2 Å². The Balaban J connectivity index is 1.60. The second kappa shape index (κ2) is 8.81. The van der Waals surface area contributed by atoms with Gasteiger partial charge >= 0.3 is 5.97 Å². The Bertz CT molecular complexity index is 1090. The Kier molecular flexibility index (Phi) is 5.95. The number of anilines is 1. The maximum absolute atomic E-state index is 12.4. The number of benzene rings is 2. The summed E-state index contributed by atoms with van der Waals surface area (Å²) in [5, 5.41) is 0.364. The third-order valence-electron chi connectivity index (χ3n) is 4.96. The minimum atomic E-state index is -0.557. The first-order valence-electron chi connectivity index (χ1n) is 9.94. The predicted octanol–water partition coefficient (Wildman–Crippen LogP) is 4.22. The predicted molar refractivity (Wildman–Crippen MR) is 118 cm³/mol. The molecule has 1 saturated heterocycles. The van der Waals surface area contributed by atoms with Crippen molar-refractivity contribution in [3.63, 3.8) is 0 Å². The van der Waals surface area contributed by atoms with E-state index in [9.17, 15) is 9.59 Å². The van der Waals surface area contributed by atoms with Crippen molar-refractivity contribution in [2.45, 2.75) is 19.8 Å². The fourth-order valence-corrected chi connectivity index (χ4v) is 3.82. The van der Waals surface area contributed by atoms with Crippen molar-refractivity contribution in [3.8, 4) is 11.5 Å². The maximum atomic E-state index is 12.4. The minimum absolute atomic E-state index is 0.118. The number of amides is 1. The minimum Gasteiger partial charge on any atom is -0.491 e. The van der Waals surface area contributed by atoms with Gasteiger partial charge in [-0.15, -0.1) is 0 Å². The molecule has 31 heavy (non-hydrogen) atoms. The van der Waals surface area contributed by atoms with Crippen molar-refractivity contribution in [3.05, 3.63) is 58.2 Å². The quantitative estimate of drug-likeness (QED) is 0.496. The van der Waals surface area contributed by atoms with Gasteiger partial charge in [0, 0.05) is 24.2 Å². The first kappa shape index (κ1) is 20.9. The summed E-state index contributed by atoms with van der Waals surface area (Å²) in [6, 6.07) is 10.6. The van der Waals surface area contributed by atoms with Crippen LogP contribution in [0.3, 0.4) is 0 Å². The number of cyclic esters (lactones) is 1. The van der Waals surface area contributed by atoms with E-state index in [2.05, 4.69) is 4.99 Å². The number of ether oxygens (including phenoxy) is 3. The van der Waals surface area contributed by atoms with Crippen LogP contribution in [0.2, 0.25) is 5.02 Å². The second-order valence-electron chi connectivity index (χ2n) is 7.00. The fraction of sp³-hybridized carbons (Fsp3) is 0.261. The lowest BCUT2D eigenvalue weighted by Gasteiger charge is -2.15.